The molecule has 0 aliphatic heterocycles. The topological polar surface area (TPSA) is 44.5 Å². The number of rotatable bonds is 4. The number of nitrogens with two attached hydrogens (primary N) is 1. The first kappa shape index (κ1) is 14.0. The van der Waals surface area contributed by atoms with Gasteiger partial charge in [0.05, 0.1) is 0 Å². The lowest BCUT2D eigenvalue weighted by atomic mass is 9.93. The molecule has 0 saturated heterocycles. The van der Waals surface area contributed by atoms with E-state index in [2.05, 4.69) is 0 Å². The SMILES string of the molecule is NC1CCCCC1Oc1ccc(Oc2ccccc2)cc1. The molecular weight excluding hydrogens is 262 g/mol. The largest absolute Gasteiger partial charge is 0.489 e. The molecule has 2 aromatic rings. The average Bonchev–Trinajstić information content (AvgIpc) is 2.52. The predicted molar refractivity (Wildman–Crippen MR) is 83.8 cm³/mol. The third-order valence-corrected chi connectivity index (χ3v) is 3.84. The van der Waals surface area contributed by atoms with Gasteiger partial charge >= 0.3 is 0 Å². The highest BCUT2D eigenvalue weighted by Crippen LogP contribution is 2.26. The molecule has 0 amide bonds. The van der Waals surface area contributed by atoms with Crippen LogP contribution in [0.3, 0.4) is 0 Å². The van der Waals surface area contributed by atoms with Crippen LogP contribution in [-0.2, 0) is 0 Å². The Hall–Kier alpha value is -2.00. The summed E-state index contributed by atoms with van der Waals surface area (Å²) in [4.78, 5) is 0. The van der Waals surface area contributed by atoms with Gasteiger partial charge in [-0.15, -0.1) is 0 Å². The highest BCUT2D eigenvalue weighted by Gasteiger charge is 2.23. The van der Waals surface area contributed by atoms with Gasteiger partial charge in [-0.05, 0) is 55.7 Å². The zero-order valence-corrected chi connectivity index (χ0v) is 12.1. The summed E-state index contributed by atoms with van der Waals surface area (Å²) in [6.07, 6.45) is 4.65. The van der Waals surface area contributed by atoms with E-state index >= 15 is 0 Å². The fourth-order valence-electron chi connectivity index (χ4n) is 2.66. The second-order valence-electron chi connectivity index (χ2n) is 5.49. The third-order valence-electron chi connectivity index (χ3n) is 3.84. The van der Waals surface area contributed by atoms with Gasteiger partial charge in [0, 0.05) is 6.04 Å². The van der Waals surface area contributed by atoms with Crippen molar-refractivity contribution in [2.24, 2.45) is 5.73 Å². The van der Waals surface area contributed by atoms with E-state index in [1.54, 1.807) is 0 Å². The Bertz CT molecular complexity index is 553. The molecule has 1 aliphatic rings. The fraction of sp³-hybridized carbons (Fsp3) is 0.333. The van der Waals surface area contributed by atoms with Gasteiger partial charge in [-0.25, -0.2) is 0 Å². The third kappa shape index (κ3) is 3.76. The Labute approximate surface area is 125 Å². The molecule has 110 valence electrons. The van der Waals surface area contributed by atoms with E-state index in [0.717, 1.165) is 30.1 Å². The Kier molecular flexibility index (Phi) is 4.41. The molecule has 3 nitrogen and oxygen atoms in total. The zero-order valence-electron chi connectivity index (χ0n) is 12.1. The maximum Gasteiger partial charge on any atom is 0.127 e. The lowest BCUT2D eigenvalue weighted by Crippen LogP contribution is -2.41. The summed E-state index contributed by atoms with van der Waals surface area (Å²) in [7, 11) is 0. The highest BCUT2D eigenvalue weighted by molar-refractivity contribution is 5.35. The zero-order chi connectivity index (χ0) is 14.5. The van der Waals surface area contributed by atoms with Crippen LogP contribution < -0.4 is 15.2 Å². The quantitative estimate of drug-likeness (QED) is 0.917. The van der Waals surface area contributed by atoms with Gasteiger partial charge in [0.1, 0.15) is 23.4 Å². The minimum Gasteiger partial charge on any atom is -0.489 e. The molecule has 0 radical (unpaired) electrons. The second-order valence-corrected chi connectivity index (χ2v) is 5.49. The van der Waals surface area contributed by atoms with Crippen LogP contribution in [-0.4, -0.2) is 12.1 Å². The summed E-state index contributed by atoms with van der Waals surface area (Å²) >= 11 is 0. The molecule has 2 unspecified atom stereocenters. The van der Waals surface area contributed by atoms with Crippen molar-refractivity contribution in [1.29, 1.82) is 0 Å². The molecule has 3 heteroatoms. The Balaban J connectivity index is 1.61. The van der Waals surface area contributed by atoms with E-state index < -0.39 is 0 Å². The first-order chi connectivity index (χ1) is 10.3. The molecular formula is C18H21NO2. The van der Waals surface area contributed by atoms with Crippen molar-refractivity contribution in [3.8, 4) is 17.2 Å². The molecule has 0 aromatic heterocycles. The highest BCUT2D eigenvalue weighted by atomic mass is 16.5. The number of hydrogen-bond acceptors (Lipinski definition) is 3. The minimum absolute atomic E-state index is 0.139. The Morgan fingerprint density at radius 2 is 1.38 bits per heavy atom. The van der Waals surface area contributed by atoms with Gasteiger partial charge in [0.15, 0.2) is 0 Å². The number of hydrogen-bond donors (Lipinski definition) is 1. The Morgan fingerprint density at radius 3 is 2.10 bits per heavy atom. The van der Waals surface area contributed by atoms with Crippen molar-refractivity contribution in [2.75, 3.05) is 0 Å². The molecule has 0 bridgehead atoms. The van der Waals surface area contributed by atoms with E-state index in [-0.39, 0.29) is 12.1 Å². The van der Waals surface area contributed by atoms with Crippen molar-refractivity contribution in [1.82, 2.24) is 0 Å². The maximum absolute atomic E-state index is 6.11. The van der Waals surface area contributed by atoms with E-state index in [1.165, 1.54) is 12.8 Å². The molecule has 2 N–H and O–H groups in total. The lowest BCUT2D eigenvalue weighted by molar-refractivity contribution is 0.132. The molecule has 1 fully saturated rings. The smallest absolute Gasteiger partial charge is 0.127 e. The van der Waals surface area contributed by atoms with Gasteiger partial charge in [0.2, 0.25) is 0 Å². The Morgan fingerprint density at radius 1 is 0.762 bits per heavy atom. The second kappa shape index (κ2) is 6.64. The molecule has 3 rings (SSSR count). The van der Waals surface area contributed by atoms with Crippen LogP contribution in [0.5, 0.6) is 17.2 Å². The van der Waals surface area contributed by atoms with Crippen LogP contribution in [0.15, 0.2) is 54.6 Å². The first-order valence-corrected chi connectivity index (χ1v) is 7.56. The van der Waals surface area contributed by atoms with Crippen LogP contribution in [0.25, 0.3) is 0 Å². The minimum atomic E-state index is 0.139. The molecule has 2 atom stereocenters. The summed E-state index contributed by atoms with van der Waals surface area (Å²) < 4.78 is 11.8. The normalized spacial score (nSPS) is 21.8. The maximum atomic E-state index is 6.11. The van der Waals surface area contributed by atoms with Gasteiger partial charge in [-0.1, -0.05) is 24.6 Å². The van der Waals surface area contributed by atoms with Gasteiger partial charge in [-0.3, -0.25) is 0 Å². The van der Waals surface area contributed by atoms with E-state index in [1.807, 2.05) is 54.6 Å². The molecule has 21 heavy (non-hydrogen) atoms. The summed E-state index contributed by atoms with van der Waals surface area (Å²) in [5.41, 5.74) is 6.11. The van der Waals surface area contributed by atoms with Crippen molar-refractivity contribution < 1.29 is 9.47 Å². The van der Waals surface area contributed by atoms with Crippen molar-refractivity contribution in [3.63, 3.8) is 0 Å². The standard InChI is InChI=1S/C18H21NO2/c19-17-8-4-5-9-18(17)21-16-12-10-15(11-13-16)20-14-6-2-1-3-7-14/h1-3,6-7,10-13,17-18H,4-5,8-9,19H2. The molecule has 1 aliphatic carbocycles. The van der Waals surface area contributed by atoms with Gasteiger partial charge < -0.3 is 15.2 Å². The number of para-hydroxylation sites is 1. The fourth-order valence-corrected chi connectivity index (χ4v) is 2.66. The molecule has 1 saturated carbocycles. The van der Waals surface area contributed by atoms with Crippen LogP contribution in [0.4, 0.5) is 0 Å². The van der Waals surface area contributed by atoms with E-state index in [0.29, 0.717) is 0 Å². The van der Waals surface area contributed by atoms with Crippen molar-refractivity contribution in [2.45, 2.75) is 37.8 Å². The van der Waals surface area contributed by atoms with E-state index in [4.69, 9.17) is 15.2 Å². The summed E-state index contributed by atoms with van der Waals surface area (Å²) in [5, 5.41) is 0. The van der Waals surface area contributed by atoms with Crippen LogP contribution in [0.1, 0.15) is 25.7 Å². The van der Waals surface area contributed by atoms with Crippen LogP contribution in [0.2, 0.25) is 0 Å². The summed E-state index contributed by atoms with van der Waals surface area (Å²) in [6.45, 7) is 0. The average molecular weight is 283 g/mol. The van der Waals surface area contributed by atoms with Crippen molar-refractivity contribution in [3.05, 3.63) is 54.6 Å². The monoisotopic (exact) mass is 283 g/mol. The lowest BCUT2D eigenvalue weighted by Gasteiger charge is -2.29. The predicted octanol–water partition coefficient (Wildman–Crippen LogP) is 4.13. The number of ether oxygens (including phenoxy) is 2. The number of benzene rings is 2. The van der Waals surface area contributed by atoms with Gasteiger partial charge in [0.25, 0.3) is 0 Å². The van der Waals surface area contributed by atoms with Crippen molar-refractivity contribution >= 4 is 0 Å². The molecule has 0 spiro atoms. The summed E-state index contributed by atoms with van der Waals surface area (Å²) in [5.74, 6) is 2.50. The van der Waals surface area contributed by atoms with Crippen LogP contribution in [0, 0.1) is 0 Å². The van der Waals surface area contributed by atoms with Gasteiger partial charge in [-0.2, -0.15) is 0 Å². The molecule has 2 aromatic carbocycles. The van der Waals surface area contributed by atoms with E-state index in [9.17, 15) is 0 Å². The summed E-state index contributed by atoms with van der Waals surface area (Å²) in [6, 6.07) is 17.6. The molecule has 0 heterocycles. The first-order valence-electron chi connectivity index (χ1n) is 7.56. The van der Waals surface area contributed by atoms with Crippen LogP contribution >= 0.6 is 0 Å².